The van der Waals surface area contributed by atoms with Crippen molar-refractivity contribution in [1.82, 2.24) is 5.32 Å². The van der Waals surface area contributed by atoms with Crippen molar-refractivity contribution in [3.05, 3.63) is 28.2 Å². The summed E-state index contributed by atoms with van der Waals surface area (Å²) in [6.45, 7) is 1.70. The van der Waals surface area contributed by atoms with E-state index in [1.807, 2.05) is 0 Å². The van der Waals surface area contributed by atoms with E-state index in [1.54, 1.807) is 25.1 Å². The minimum atomic E-state index is -0.769. The topological polar surface area (TPSA) is 49.4 Å². The summed E-state index contributed by atoms with van der Waals surface area (Å²) >= 11 is 12.2. The van der Waals surface area contributed by atoms with Crippen LogP contribution in [-0.4, -0.2) is 23.4 Å². The summed E-state index contributed by atoms with van der Waals surface area (Å²) in [5.41, 5.74) is -0.266. The number of amides is 2. The van der Waals surface area contributed by atoms with Crippen LogP contribution in [0.3, 0.4) is 0 Å². The smallest absolute Gasteiger partial charge is 0.253 e. The fraction of sp³-hybridized carbons (Fsp3) is 0.467. The molecule has 1 heterocycles. The van der Waals surface area contributed by atoms with Crippen molar-refractivity contribution in [3.8, 4) is 0 Å². The molecule has 0 aromatic heterocycles. The third-order valence-electron chi connectivity index (χ3n) is 4.38. The van der Waals surface area contributed by atoms with E-state index in [9.17, 15) is 9.59 Å². The molecule has 3 rings (SSSR count). The minimum absolute atomic E-state index is 0.0868. The Labute approximate surface area is 133 Å². The molecule has 1 spiro atoms. The Kier molecular flexibility index (Phi) is 3.62. The maximum atomic E-state index is 13.0. The van der Waals surface area contributed by atoms with Crippen LogP contribution in [0.4, 0.5) is 5.69 Å². The van der Waals surface area contributed by atoms with Crippen LogP contribution in [-0.2, 0) is 9.59 Å². The number of hydrogen-bond acceptors (Lipinski definition) is 2. The van der Waals surface area contributed by atoms with Gasteiger partial charge in [0.05, 0.1) is 10.7 Å². The molecule has 0 bridgehead atoms. The molecule has 1 atom stereocenters. The molecule has 1 aromatic rings. The van der Waals surface area contributed by atoms with Gasteiger partial charge in [0.25, 0.3) is 5.91 Å². The minimum Gasteiger partial charge on any atom is -0.340 e. The first-order valence-electron chi connectivity index (χ1n) is 7.05. The molecule has 1 saturated heterocycles. The maximum absolute atomic E-state index is 13.0. The fourth-order valence-electron chi connectivity index (χ4n) is 3.22. The second kappa shape index (κ2) is 5.18. The molecule has 0 radical (unpaired) electrons. The van der Waals surface area contributed by atoms with Crippen LogP contribution in [0.15, 0.2) is 18.2 Å². The molecule has 2 aliphatic rings. The predicted molar refractivity (Wildman–Crippen MR) is 82.8 cm³/mol. The Morgan fingerprint density at radius 2 is 1.90 bits per heavy atom. The molecule has 1 unspecified atom stereocenters. The first-order valence-corrected chi connectivity index (χ1v) is 7.81. The first-order chi connectivity index (χ1) is 9.94. The van der Waals surface area contributed by atoms with Gasteiger partial charge in [-0.15, -0.1) is 0 Å². The normalized spacial score (nSPS) is 24.5. The Morgan fingerprint density at radius 3 is 2.57 bits per heavy atom. The highest BCUT2D eigenvalue weighted by molar-refractivity contribution is 6.36. The van der Waals surface area contributed by atoms with Crippen molar-refractivity contribution < 1.29 is 9.59 Å². The van der Waals surface area contributed by atoms with Crippen molar-refractivity contribution in [2.45, 2.75) is 44.2 Å². The summed E-state index contributed by atoms with van der Waals surface area (Å²) in [5.74, 6) is -0.233. The van der Waals surface area contributed by atoms with E-state index in [1.165, 1.54) is 4.90 Å². The molecule has 4 nitrogen and oxygen atoms in total. The fourth-order valence-corrected chi connectivity index (χ4v) is 3.60. The highest BCUT2D eigenvalue weighted by Crippen LogP contribution is 2.39. The third-order valence-corrected chi connectivity index (χ3v) is 4.94. The summed E-state index contributed by atoms with van der Waals surface area (Å²) in [6.07, 6.45) is 3.24. The number of hydrogen-bond donors (Lipinski definition) is 1. The van der Waals surface area contributed by atoms with Crippen LogP contribution >= 0.6 is 23.2 Å². The molecular weight excluding hydrogens is 311 g/mol. The Morgan fingerprint density at radius 1 is 1.24 bits per heavy atom. The summed E-state index contributed by atoms with van der Waals surface area (Å²) in [5, 5.41) is 3.82. The van der Waals surface area contributed by atoms with Crippen LogP contribution in [0.5, 0.6) is 0 Å². The van der Waals surface area contributed by atoms with Gasteiger partial charge in [-0.3, -0.25) is 14.5 Å². The van der Waals surface area contributed by atoms with E-state index >= 15 is 0 Å². The molecule has 2 amide bonds. The number of halogens is 2. The zero-order valence-corrected chi connectivity index (χ0v) is 13.2. The summed E-state index contributed by atoms with van der Waals surface area (Å²) in [7, 11) is 0. The van der Waals surface area contributed by atoms with Gasteiger partial charge in [0, 0.05) is 5.02 Å². The molecule has 21 heavy (non-hydrogen) atoms. The van der Waals surface area contributed by atoms with Crippen molar-refractivity contribution in [2.75, 3.05) is 4.90 Å². The van der Waals surface area contributed by atoms with E-state index in [-0.39, 0.29) is 11.8 Å². The molecular formula is C15H16Cl2N2O2. The van der Waals surface area contributed by atoms with Crippen molar-refractivity contribution in [3.63, 3.8) is 0 Å². The number of carbonyl (C=O) groups excluding carboxylic acids is 2. The van der Waals surface area contributed by atoms with Gasteiger partial charge in [-0.25, -0.2) is 0 Å². The highest BCUT2D eigenvalue weighted by atomic mass is 35.5. The van der Waals surface area contributed by atoms with Gasteiger partial charge in [0.15, 0.2) is 0 Å². The van der Waals surface area contributed by atoms with Crippen LogP contribution < -0.4 is 10.2 Å². The van der Waals surface area contributed by atoms with E-state index in [4.69, 9.17) is 23.2 Å². The molecule has 6 heteroatoms. The van der Waals surface area contributed by atoms with Crippen molar-refractivity contribution >= 4 is 40.7 Å². The van der Waals surface area contributed by atoms with Gasteiger partial charge >= 0.3 is 0 Å². The first kappa shape index (κ1) is 14.7. The van der Waals surface area contributed by atoms with Crippen LogP contribution in [0.2, 0.25) is 10.0 Å². The van der Waals surface area contributed by atoms with Gasteiger partial charge in [-0.05, 0) is 38.0 Å². The maximum Gasteiger partial charge on any atom is 0.253 e. The monoisotopic (exact) mass is 326 g/mol. The van der Waals surface area contributed by atoms with Gasteiger partial charge < -0.3 is 5.32 Å². The van der Waals surface area contributed by atoms with Crippen molar-refractivity contribution in [1.29, 1.82) is 0 Å². The molecule has 1 N–H and O–H groups in total. The van der Waals surface area contributed by atoms with E-state index in [2.05, 4.69) is 5.32 Å². The van der Waals surface area contributed by atoms with E-state index in [0.29, 0.717) is 28.6 Å². The van der Waals surface area contributed by atoms with Crippen LogP contribution in [0, 0.1) is 0 Å². The Balaban J connectivity index is 2.08. The van der Waals surface area contributed by atoms with Crippen LogP contribution in [0.1, 0.15) is 32.6 Å². The number of anilines is 1. The number of benzene rings is 1. The Hall–Kier alpha value is -1.26. The lowest BCUT2D eigenvalue weighted by Gasteiger charge is -2.43. The van der Waals surface area contributed by atoms with Gasteiger partial charge in [0.1, 0.15) is 11.6 Å². The lowest BCUT2D eigenvalue weighted by atomic mass is 9.90. The van der Waals surface area contributed by atoms with Crippen molar-refractivity contribution in [2.24, 2.45) is 0 Å². The number of piperazine rings is 1. The summed E-state index contributed by atoms with van der Waals surface area (Å²) < 4.78 is 0. The SMILES string of the molecule is CC1C(=O)NC2(CCCC2)C(=O)N1c1cc(Cl)ccc1Cl. The average molecular weight is 327 g/mol. The molecule has 1 saturated carbocycles. The number of rotatable bonds is 1. The lowest BCUT2D eigenvalue weighted by Crippen LogP contribution is -2.69. The van der Waals surface area contributed by atoms with E-state index < -0.39 is 11.6 Å². The van der Waals surface area contributed by atoms with Crippen LogP contribution in [0.25, 0.3) is 0 Å². The molecule has 1 aromatic carbocycles. The molecule has 2 fully saturated rings. The molecule has 112 valence electrons. The zero-order chi connectivity index (χ0) is 15.2. The number of nitrogens with zero attached hydrogens (tertiary/aromatic N) is 1. The second-order valence-corrected chi connectivity index (χ2v) is 6.57. The lowest BCUT2D eigenvalue weighted by molar-refractivity contribution is -0.137. The number of carbonyl (C=O) groups is 2. The molecule has 1 aliphatic carbocycles. The van der Waals surface area contributed by atoms with Gasteiger partial charge in [-0.1, -0.05) is 36.0 Å². The predicted octanol–water partition coefficient (Wildman–Crippen LogP) is 3.16. The molecule has 1 aliphatic heterocycles. The third kappa shape index (κ3) is 2.30. The summed E-state index contributed by atoms with van der Waals surface area (Å²) in [6, 6.07) is 4.35. The standard InChI is InChI=1S/C15H16Cl2N2O2/c1-9-13(20)18-15(6-2-3-7-15)14(21)19(9)12-8-10(16)4-5-11(12)17/h4-5,8-9H,2-3,6-7H2,1H3,(H,18,20). The Bertz CT molecular complexity index is 612. The highest BCUT2D eigenvalue weighted by Gasteiger charge is 2.51. The number of nitrogens with one attached hydrogen (secondary N) is 1. The van der Waals surface area contributed by atoms with Gasteiger partial charge in [-0.2, -0.15) is 0 Å². The van der Waals surface area contributed by atoms with Gasteiger partial charge in [0.2, 0.25) is 5.91 Å². The summed E-state index contributed by atoms with van der Waals surface area (Å²) in [4.78, 5) is 26.8. The second-order valence-electron chi connectivity index (χ2n) is 5.73. The zero-order valence-electron chi connectivity index (χ0n) is 11.7. The average Bonchev–Trinajstić information content (AvgIpc) is 2.90. The largest absolute Gasteiger partial charge is 0.340 e. The quantitative estimate of drug-likeness (QED) is 0.861. The van der Waals surface area contributed by atoms with E-state index in [0.717, 1.165) is 12.8 Å².